The zero-order valence-corrected chi connectivity index (χ0v) is 12.6. The first-order chi connectivity index (χ1) is 9.04. The largest absolute Gasteiger partial charge is 0.352 e. The van der Waals surface area contributed by atoms with Gasteiger partial charge in [0, 0.05) is 11.7 Å². The van der Waals surface area contributed by atoms with Crippen LogP contribution in [-0.4, -0.2) is 27.2 Å². The highest BCUT2D eigenvalue weighted by Crippen LogP contribution is 2.23. The van der Waals surface area contributed by atoms with Crippen molar-refractivity contribution in [2.24, 2.45) is 0 Å². The van der Waals surface area contributed by atoms with Crippen LogP contribution < -0.4 is 5.32 Å². The fourth-order valence-electron chi connectivity index (χ4n) is 2.37. The number of thioether (sulfide) groups is 1. The summed E-state index contributed by atoms with van der Waals surface area (Å²) < 4.78 is 0. The molecule has 1 aliphatic carbocycles. The molecule has 1 unspecified atom stereocenters. The normalized spacial score (nSPS) is 17.4. The third-order valence-electron chi connectivity index (χ3n) is 3.31. The molecule has 1 N–H and O–H groups in total. The molecule has 19 heavy (non-hydrogen) atoms. The van der Waals surface area contributed by atoms with E-state index in [1.54, 1.807) is 0 Å². The second kappa shape index (κ2) is 6.37. The number of carbonyl (C=O) groups is 1. The molecule has 1 amide bonds. The topological polar surface area (TPSA) is 54.9 Å². The van der Waals surface area contributed by atoms with Crippen molar-refractivity contribution in [1.29, 1.82) is 0 Å². The van der Waals surface area contributed by atoms with Crippen LogP contribution in [0.2, 0.25) is 0 Å². The van der Waals surface area contributed by atoms with Crippen LogP contribution in [0.4, 0.5) is 0 Å². The highest BCUT2D eigenvalue weighted by atomic mass is 32.2. The molecule has 2 rings (SSSR count). The van der Waals surface area contributed by atoms with Crippen molar-refractivity contribution in [3.8, 4) is 0 Å². The third-order valence-corrected chi connectivity index (χ3v) is 4.33. The van der Waals surface area contributed by atoms with Crippen LogP contribution >= 0.6 is 11.8 Å². The summed E-state index contributed by atoms with van der Waals surface area (Å²) >= 11 is 1.50. The van der Waals surface area contributed by atoms with Crippen molar-refractivity contribution < 1.29 is 4.79 Å². The van der Waals surface area contributed by atoms with Crippen LogP contribution in [-0.2, 0) is 4.79 Å². The zero-order valence-electron chi connectivity index (χ0n) is 11.8. The van der Waals surface area contributed by atoms with Crippen LogP contribution in [0.5, 0.6) is 0 Å². The van der Waals surface area contributed by atoms with Crippen molar-refractivity contribution in [3.63, 3.8) is 0 Å². The first kappa shape index (κ1) is 14.3. The Balaban J connectivity index is 1.91. The van der Waals surface area contributed by atoms with E-state index in [-0.39, 0.29) is 11.2 Å². The summed E-state index contributed by atoms with van der Waals surface area (Å²) in [5.41, 5.74) is 0.943. The number of aromatic nitrogens is 2. The molecule has 1 saturated carbocycles. The smallest absolute Gasteiger partial charge is 0.233 e. The highest BCUT2D eigenvalue weighted by Gasteiger charge is 2.21. The van der Waals surface area contributed by atoms with Gasteiger partial charge in [-0.1, -0.05) is 24.6 Å². The zero-order chi connectivity index (χ0) is 13.8. The molecule has 0 spiro atoms. The number of rotatable bonds is 4. The number of nitrogens with one attached hydrogen (secondary N) is 1. The molecule has 0 radical (unpaired) electrons. The minimum Gasteiger partial charge on any atom is -0.352 e. The molecule has 1 aromatic rings. The van der Waals surface area contributed by atoms with Gasteiger partial charge < -0.3 is 5.32 Å². The van der Waals surface area contributed by atoms with Crippen LogP contribution in [0.3, 0.4) is 0 Å². The third kappa shape index (κ3) is 4.20. The van der Waals surface area contributed by atoms with Crippen molar-refractivity contribution in [2.75, 3.05) is 0 Å². The maximum atomic E-state index is 12.1. The van der Waals surface area contributed by atoms with Gasteiger partial charge in [-0.2, -0.15) is 0 Å². The summed E-state index contributed by atoms with van der Waals surface area (Å²) in [4.78, 5) is 20.7. The average molecular weight is 279 g/mol. The summed E-state index contributed by atoms with van der Waals surface area (Å²) in [5.74, 6) is 0.872. The van der Waals surface area contributed by atoms with E-state index in [4.69, 9.17) is 0 Å². The standard InChI is InChI=1S/C14H21N3OS/c1-9-8-13(16-11(3)15-9)19-10(2)14(18)17-12-6-4-5-7-12/h8,10,12H,4-7H2,1-3H3,(H,17,18). The summed E-state index contributed by atoms with van der Waals surface area (Å²) in [7, 11) is 0. The van der Waals surface area contributed by atoms with Gasteiger partial charge in [0.05, 0.1) is 5.25 Å². The molecule has 1 aliphatic rings. The fourth-order valence-corrected chi connectivity index (χ4v) is 3.33. The fraction of sp³-hybridized carbons (Fsp3) is 0.643. The first-order valence-electron chi connectivity index (χ1n) is 6.84. The van der Waals surface area contributed by atoms with Crippen molar-refractivity contribution in [3.05, 3.63) is 17.6 Å². The molecule has 1 atom stereocenters. The molecule has 1 fully saturated rings. The van der Waals surface area contributed by atoms with Crippen LogP contribution in [0.1, 0.15) is 44.1 Å². The van der Waals surface area contributed by atoms with Gasteiger partial charge in [-0.25, -0.2) is 9.97 Å². The molecule has 0 saturated heterocycles. The molecule has 0 aromatic carbocycles. The second-order valence-corrected chi connectivity index (χ2v) is 6.51. The second-order valence-electron chi connectivity index (χ2n) is 5.14. The molecule has 5 heteroatoms. The van der Waals surface area contributed by atoms with E-state index in [1.165, 1.54) is 24.6 Å². The number of carbonyl (C=O) groups excluding carboxylic acids is 1. The lowest BCUT2D eigenvalue weighted by Gasteiger charge is -2.16. The Labute approximate surface area is 118 Å². The minimum absolute atomic E-state index is 0.116. The van der Waals surface area contributed by atoms with Crippen LogP contribution in [0, 0.1) is 13.8 Å². The van der Waals surface area contributed by atoms with Gasteiger partial charge in [0.1, 0.15) is 10.9 Å². The molecule has 0 bridgehead atoms. The molecular weight excluding hydrogens is 258 g/mol. The Morgan fingerprint density at radius 3 is 2.68 bits per heavy atom. The number of hydrogen-bond donors (Lipinski definition) is 1. The Bertz CT molecular complexity index is 438. The average Bonchev–Trinajstić information content (AvgIpc) is 2.80. The number of hydrogen-bond acceptors (Lipinski definition) is 4. The molecule has 1 aromatic heterocycles. The lowest BCUT2D eigenvalue weighted by Crippen LogP contribution is -2.37. The van der Waals surface area contributed by atoms with Crippen molar-refractivity contribution in [2.45, 2.75) is 62.8 Å². The maximum absolute atomic E-state index is 12.1. The van der Waals surface area contributed by atoms with Gasteiger partial charge in [0.25, 0.3) is 0 Å². The van der Waals surface area contributed by atoms with Gasteiger partial charge >= 0.3 is 0 Å². The van der Waals surface area contributed by atoms with Gasteiger partial charge in [-0.05, 0) is 39.7 Å². The van der Waals surface area contributed by atoms with Crippen LogP contribution in [0.25, 0.3) is 0 Å². The SMILES string of the molecule is Cc1cc(SC(C)C(=O)NC2CCCC2)nc(C)n1. The Hall–Kier alpha value is -1.10. The van der Waals surface area contributed by atoms with Crippen molar-refractivity contribution >= 4 is 17.7 Å². The van der Waals surface area contributed by atoms with Gasteiger partial charge in [0.2, 0.25) is 5.91 Å². The summed E-state index contributed by atoms with van der Waals surface area (Å²) in [6.45, 7) is 5.75. The van der Waals surface area contributed by atoms with Crippen molar-refractivity contribution in [1.82, 2.24) is 15.3 Å². The van der Waals surface area contributed by atoms with E-state index >= 15 is 0 Å². The Morgan fingerprint density at radius 1 is 1.37 bits per heavy atom. The number of nitrogens with zero attached hydrogens (tertiary/aromatic N) is 2. The summed E-state index contributed by atoms with van der Waals surface area (Å²) in [6.07, 6.45) is 4.71. The molecular formula is C14H21N3OS. The Kier molecular flexibility index (Phi) is 4.80. The van der Waals surface area contributed by atoms with E-state index < -0.39 is 0 Å². The Morgan fingerprint density at radius 2 is 2.05 bits per heavy atom. The van der Waals surface area contributed by atoms with E-state index in [0.717, 1.165) is 29.4 Å². The summed E-state index contributed by atoms with van der Waals surface area (Å²) in [6, 6.07) is 2.31. The van der Waals surface area contributed by atoms with E-state index in [1.807, 2.05) is 26.8 Å². The molecule has 0 aliphatic heterocycles. The van der Waals surface area contributed by atoms with Gasteiger partial charge in [-0.15, -0.1) is 0 Å². The predicted octanol–water partition coefficient (Wildman–Crippen LogP) is 2.63. The number of aryl methyl sites for hydroxylation is 2. The maximum Gasteiger partial charge on any atom is 0.233 e. The van der Waals surface area contributed by atoms with E-state index in [9.17, 15) is 4.79 Å². The summed E-state index contributed by atoms with van der Waals surface area (Å²) in [5, 5.41) is 3.88. The molecule has 1 heterocycles. The quantitative estimate of drug-likeness (QED) is 0.680. The predicted molar refractivity (Wildman–Crippen MR) is 77.2 cm³/mol. The first-order valence-corrected chi connectivity index (χ1v) is 7.72. The van der Waals surface area contributed by atoms with Gasteiger partial charge in [0.15, 0.2) is 0 Å². The van der Waals surface area contributed by atoms with Crippen LogP contribution in [0.15, 0.2) is 11.1 Å². The number of amides is 1. The lowest BCUT2D eigenvalue weighted by molar-refractivity contribution is -0.120. The highest BCUT2D eigenvalue weighted by molar-refractivity contribution is 8.00. The lowest BCUT2D eigenvalue weighted by atomic mass is 10.2. The van der Waals surface area contributed by atoms with E-state index in [0.29, 0.717) is 6.04 Å². The van der Waals surface area contributed by atoms with E-state index in [2.05, 4.69) is 15.3 Å². The molecule has 4 nitrogen and oxygen atoms in total. The molecule has 104 valence electrons. The van der Waals surface area contributed by atoms with Gasteiger partial charge in [-0.3, -0.25) is 4.79 Å². The monoisotopic (exact) mass is 279 g/mol. The minimum atomic E-state index is -0.116.